The molecule has 2 saturated heterocycles. The molecule has 0 bridgehead atoms. The zero-order valence-corrected chi connectivity index (χ0v) is 16.0. The first-order valence-corrected chi connectivity index (χ1v) is 10.3. The lowest BCUT2D eigenvalue weighted by Crippen LogP contribution is -2.36. The van der Waals surface area contributed by atoms with E-state index in [1.807, 2.05) is 0 Å². The standard InChI is InChI=1S/C22H31N3O/c1-17-19-8-2-3-9-20(19)23-21(17)16-24-12-6-7-18(15-24)10-11-22(26)25-13-4-5-14-25/h2-3,8-9,18,23H,4-7,10-16H2,1H3. The number of amides is 1. The quantitative estimate of drug-likeness (QED) is 0.879. The number of carbonyl (C=O) groups excluding carboxylic acids is 1. The first-order valence-electron chi connectivity index (χ1n) is 10.3. The molecule has 1 aromatic carbocycles. The van der Waals surface area contributed by atoms with Crippen LogP contribution in [0.2, 0.25) is 0 Å². The molecule has 0 spiro atoms. The summed E-state index contributed by atoms with van der Waals surface area (Å²) in [6, 6.07) is 8.57. The van der Waals surface area contributed by atoms with E-state index in [9.17, 15) is 4.79 Å². The van der Waals surface area contributed by atoms with Crippen molar-refractivity contribution in [2.24, 2.45) is 5.92 Å². The Kier molecular flexibility index (Phi) is 5.30. The van der Waals surface area contributed by atoms with E-state index in [0.29, 0.717) is 11.8 Å². The fourth-order valence-corrected chi connectivity index (χ4v) is 4.70. The molecular weight excluding hydrogens is 322 g/mol. The molecule has 3 heterocycles. The highest BCUT2D eigenvalue weighted by atomic mass is 16.2. The van der Waals surface area contributed by atoms with Crippen molar-refractivity contribution in [3.63, 3.8) is 0 Å². The average molecular weight is 354 g/mol. The van der Waals surface area contributed by atoms with Crippen LogP contribution < -0.4 is 0 Å². The summed E-state index contributed by atoms with van der Waals surface area (Å²) in [5.41, 5.74) is 3.97. The van der Waals surface area contributed by atoms with Crippen LogP contribution >= 0.6 is 0 Å². The number of rotatable bonds is 5. The van der Waals surface area contributed by atoms with E-state index in [1.165, 1.54) is 54.4 Å². The monoisotopic (exact) mass is 353 g/mol. The molecule has 0 aliphatic carbocycles. The van der Waals surface area contributed by atoms with Crippen molar-refractivity contribution in [3.05, 3.63) is 35.5 Å². The SMILES string of the molecule is Cc1c(CN2CCCC(CCC(=O)N3CCCC3)C2)[nH]c2ccccc12. The Bertz CT molecular complexity index is 760. The molecule has 1 atom stereocenters. The number of benzene rings is 1. The predicted molar refractivity (Wildman–Crippen MR) is 106 cm³/mol. The van der Waals surface area contributed by atoms with Crippen LogP contribution in [0, 0.1) is 12.8 Å². The second-order valence-electron chi connectivity index (χ2n) is 8.14. The molecule has 2 aliphatic heterocycles. The van der Waals surface area contributed by atoms with Gasteiger partial charge in [0.05, 0.1) is 0 Å². The summed E-state index contributed by atoms with van der Waals surface area (Å²) in [5, 5.41) is 1.34. The summed E-state index contributed by atoms with van der Waals surface area (Å²) in [6.45, 7) is 7.49. The van der Waals surface area contributed by atoms with Crippen LogP contribution in [0.1, 0.15) is 49.8 Å². The molecule has 1 unspecified atom stereocenters. The van der Waals surface area contributed by atoms with Gasteiger partial charge in [-0.2, -0.15) is 0 Å². The van der Waals surface area contributed by atoms with Crippen molar-refractivity contribution >= 4 is 16.8 Å². The third-order valence-corrected chi connectivity index (χ3v) is 6.28. The Labute approximate surface area is 156 Å². The van der Waals surface area contributed by atoms with Crippen LogP contribution in [0.4, 0.5) is 0 Å². The number of H-pyrrole nitrogens is 1. The maximum absolute atomic E-state index is 12.3. The summed E-state index contributed by atoms with van der Waals surface area (Å²) < 4.78 is 0. The van der Waals surface area contributed by atoms with Gasteiger partial charge >= 0.3 is 0 Å². The Morgan fingerprint density at radius 3 is 2.77 bits per heavy atom. The number of fused-ring (bicyclic) bond motifs is 1. The summed E-state index contributed by atoms with van der Waals surface area (Å²) in [7, 11) is 0. The highest BCUT2D eigenvalue weighted by molar-refractivity contribution is 5.84. The molecule has 26 heavy (non-hydrogen) atoms. The lowest BCUT2D eigenvalue weighted by atomic mass is 9.93. The Morgan fingerprint density at radius 2 is 1.96 bits per heavy atom. The molecule has 2 aromatic rings. The maximum atomic E-state index is 12.3. The fraction of sp³-hybridized carbons (Fsp3) is 0.591. The molecule has 1 aromatic heterocycles. The number of para-hydroxylation sites is 1. The summed E-state index contributed by atoms with van der Waals surface area (Å²) in [5.74, 6) is 1.05. The molecule has 1 N–H and O–H groups in total. The minimum absolute atomic E-state index is 0.381. The Balaban J connectivity index is 1.33. The molecule has 140 valence electrons. The minimum atomic E-state index is 0.381. The van der Waals surface area contributed by atoms with E-state index >= 15 is 0 Å². The zero-order chi connectivity index (χ0) is 17.9. The molecule has 1 amide bonds. The number of likely N-dealkylation sites (tertiary alicyclic amines) is 2. The van der Waals surface area contributed by atoms with Crippen LogP contribution in [-0.2, 0) is 11.3 Å². The van der Waals surface area contributed by atoms with E-state index in [2.05, 4.69) is 46.0 Å². The van der Waals surface area contributed by atoms with Gasteiger partial charge in [0.2, 0.25) is 5.91 Å². The number of nitrogens with one attached hydrogen (secondary N) is 1. The van der Waals surface area contributed by atoms with Gasteiger partial charge in [-0.3, -0.25) is 9.69 Å². The second-order valence-corrected chi connectivity index (χ2v) is 8.14. The molecule has 2 fully saturated rings. The molecule has 4 nitrogen and oxygen atoms in total. The Morgan fingerprint density at radius 1 is 1.15 bits per heavy atom. The van der Waals surface area contributed by atoms with Crippen LogP contribution in [0.15, 0.2) is 24.3 Å². The lowest BCUT2D eigenvalue weighted by Gasteiger charge is -2.32. The molecule has 0 radical (unpaired) electrons. The molecule has 0 saturated carbocycles. The largest absolute Gasteiger partial charge is 0.357 e. The molecule has 2 aliphatic rings. The van der Waals surface area contributed by atoms with Gasteiger partial charge in [0.25, 0.3) is 0 Å². The van der Waals surface area contributed by atoms with Gasteiger partial charge in [-0.1, -0.05) is 18.2 Å². The van der Waals surface area contributed by atoms with E-state index in [4.69, 9.17) is 0 Å². The molecule has 4 rings (SSSR count). The zero-order valence-electron chi connectivity index (χ0n) is 16.0. The number of carbonyl (C=O) groups is 1. The number of hydrogen-bond donors (Lipinski definition) is 1. The van der Waals surface area contributed by atoms with Crippen molar-refractivity contribution < 1.29 is 4.79 Å². The summed E-state index contributed by atoms with van der Waals surface area (Å²) in [4.78, 5) is 20.6. The first kappa shape index (κ1) is 17.6. The van der Waals surface area contributed by atoms with Gasteiger partial charge in [-0.25, -0.2) is 0 Å². The van der Waals surface area contributed by atoms with Gasteiger partial charge in [0, 0.05) is 49.2 Å². The number of aromatic amines is 1. The van der Waals surface area contributed by atoms with Crippen molar-refractivity contribution in [2.75, 3.05) is 26.2 Å². The second kappa shape index (κ2) is 7.83. The predicted octanol–water partition coefficient (Wildman–Crippen LogP) is 4.09. The van der Waals surface area contributed by atoms with Crippen LogP contribution in [0.25, 0.3) is 10.9 Å². The highest BCUT2D eigenvalue weighted by Gasteiger charge is 2.24. The van der Waals surface area contributed by atoms with Crippen LogP contribution in [-0.4, -0.2) is 46.9 Å². The van der Waals surface area contributed by atoms with Gasteiger partial charge in [-0.05, 0) is 63.1 Å². The van der Waals surface area contributed by atoms with Crippen molar-refractivity contribution in [2.45, 2.75) is 52.0 Å². The lowest BCUT2D eigenvalue weighted by molar-refractivity contribution is -0.130. The van der Waals surface area contributed by atoms with E-state index in [0.717, 1.165) is 39.0 Å². The molecule has 4 heteroatoms. The van der Waals surface area contributed by atoms with Crippen molar-refractivity contribution in [3.8, 4) is 0 Å². The number of aryl methyl sites for hydroxylation is 1. The fourth-order valence-electron chi connectivity index (χ4n) is 4.70. The third kappa shape index (κ3) is 3.80. The normalized spacial score (nSPS) is 21.6. The van der Waals surface area contributed by atoms with Crippen LogP contribution in [0.3, 0.4) is 0 Å². The third-order valence-electron chi connectivity index (χ3n) is 6.28. The van der Waals surface area contributed by atoms with E-state index in [-0.39, 0.29) is 0 Å². The van der Waals surface area contributed by atoms with Gasteiger partial charge in [-0.15, -0.1) is 0 Å². The van der Waals surface area contributed by atoms with Gasteiger partial charge in [0.1, 0.15) is 0 Å². The highest BCUT2D eigenvalue weighted by Crippen LogP contribution is 2.26. The smallest absolute Gasteiger partial charge is 0.222 e. The van der Waals surface area contributed by atoms with Crippen LogP contribution in [0.5, 0.6) is 0 Å². The maximum Gasteiger partial charge on any atom is 0.222 e. The van der Waals surface area contributed by atoms with E-state index in [1.54, 1.807) is 0 Å². The number of aromatic nitrogens is 1. The van der Waals surface area contributed by atoms with Gasteiger partial charge in [0.15, 0.2) is 0 Å². The first-order chi connectivity index (χ1) is 12.7. The van der Waals surface area contributed by atoms with Crippen molar-refractivity contribution in [1.82, 2.24) is 14.8 Å². The van der Waals surface area contributed by atoms with Crippen molar-refractivity contribution in [1.29, 1.82) is 0 Å². The average Bonchev–Trinajstić information content (AvgIpc) is 3.30. The summed E-state index contributed by atoms with van der Waals surface area (Å²) in [6.07, 6.45) is 6.69. The number of nitrogens with zero attached hydrogens (tertiary/aromatic N) is 2. The molecular formula is C22H31N3O. The minimum Gasteiger partial charge on any atom is -0.357 e. The number of hydrogen-bond acceptors (Lipinski definition) is 2. The van der Waals surface area contributed by atoms with Gasteiger partial charge < -0.3 is 9.88 Å². The Hall–Kier alpha value is -1.81. The topological polar surface area (TPSA) is 39.3 Å². The summed E-state index contributed by atoms with van der Waals surface area (Å²) >= 11 is 0. The van der Waals surface area contributed by atoms with E-state index < -0.39 is 0 Å². The number of piperidine rings is 1.